The topological polar surface area (TPSA) is 87.0 Å². The zero-order chi connectivity index (χ0) is 16.5. The summed E-state index contributed by atoms with van der Waals surface area (Å²) in [6.07, 6.45) is 2.40. The number of carbonyl (C=O) groups excluding carboxylic acids is 1. The molecular weight excluding hydrogens is 292 g/mol. The van der Waals surface area contributed by atoms with Crippen LogP contribution in [0.1, 0.15) is 22.3 Å². The third-order valence-electron chi connectivity index (χ3n) is 3.11. The summed E-state index contributed by atoms with van der Waals surface area (Å²) < 4.78 is 4.97. The maximum atomic E-state index is 12.2. The maximum absolute atomic E-state index is 12.2. The van der Waals surface area contributed by atoms with Crippen molar-refractivity contribution in [2.45, 2.75) is 6.42 Å². The lowest BCUT2D eigenvalue weighted by atomic mass is 10.2. The fourth-order valence-corrected chi connectivity index (χ4v) is 1.94. The van der Waals surface area contributed by atoms with Crippen LogP contribution < -0.4 is 10.6 Å². The van der Waals surface area contributed by atoms with E-state index in [0.717, 1.165) is 13.0 Å². The number of benzene rings is 1. The molecule has 1 amide bonds. The van der Waals surface area contributed by atoms with E-state index in [1.54, 1.807) is 43.5 Å². The first kappa shape index (κ1) is 16.5. The van der Waals surface area contributed by atoms with Gasteiger partial charge in [-0.2, -0.15) is 5.26 Å². The molecule has 0 atom stereocenters. The minimum Gasteiger partial charge on any atom is -0.385 e. The van der Waals surface area contributed by atoms with Gasteiger partial charge in [0.15, 0.2) is 0 Å². The zero-order valence-electron chi connectivity index (χ0n) is 12.9. The van der Waals surface area contributed by atoms with Gasteiger partial charge in [-0.05, 0) is 36.8 Å². The largest absolute Gasteiger partial charge is 0.385 e. The molecule has 118 valence electrons. The number of hydrogen-bond donors (Lipinski definition) is 2. The highest BCUT2D eigenvalue weighted by atomic mass is 16.5. The van der Waals surface area contributed by atoms with E-state index in [1.807, 2.05) is 6.07 Å². The molecule has 0 saturated carbocycles. The highest BCUT2D eigenvalue weighted by molar-refractivity contribution is 6.04. The molecule has 2 N–H and O–H groups in total. The Morgan fingerprint density at radius 3 is 2.91 bits per heavy atom. The Hall–Kier alpha value is -2.91. The smallest absolute Gasteiger partial charge is 0.257 e. The summed E-state index contributed by atoms with van der Waals surface area (Å²) in [6, 6.07) is 12.3. The van der Waals surface area contributed by atoms with E-state index in [0.29, 0.717) is 29.2 Å². The quantitative estimate of drug-likeness (QED) is 0.768. The minimum atomic E-state index is -0.265. The molecule has 0 aliphatic carbocycles. The van der Waals surface area contributed by atoms with Crippen LogP contribution in [0.2, 0.25) is 0 Å². The molecule has 23 heavy (non-hydrogen) atoms. The second-order valence-corrected chi connectivity index (χ2v) is 4.85. The van der Waals surface area contributed by atoms with Crippen LogP contribution in [-0.4, -0.2) is 31.2 Å². The maximum Gasteiger partial charge on any atom is 0.257 e. The Labute approximate surface area is 135 Å². The van der Waals surface area contributed by atoms with Gasteiger partial charge >= 0.3 is 0 Å². The molecule has 0 saturated heterocycles. The van der Waals surface area contributed by atoms with Gasteiger partial charge in [-0.1, -0.05) is 6.07 Å². The van der Waals surface area contributed by atoms with Gasteiger partial charge in [-0.15, -0.1) is 0 Å². The van der Waals surface area contributed by atoms with E-state index in [4.69, 9.17) is 10.00 Å². The summed E-state index contributed by atoms with van der Waals surface area (Å²) in [6.45, 7) is 1.45. The van der Waals surface area contributed by atoms with Crippen molar-refractivity contribution in [1.29, 1.82) is 5.26 Å². The van der Waals surface area contributed by atoms with E-state index in [-0.39, 0.29) is 5.91 Å². The predicted octanol–water partition coefficient (Wildman–Crippen LogP) is 2.65. The van der Waals surface area contributed by atoms with Gasteiger partial charge in [0.25, 0.3) is 5.91 Å². The lowest BCUT2D eigenvalue weighted by Crippen LogP contribution is -2.13. The van der Waals surface area contributed by atoms with Gasteiger partial charge in [0.2, 0.25) is 0 Å². The van der Waals surface area contributed by atoms with Crippen molar-refractivity contribution in [2.75, 3.05) is 30.9 Å². The van der Waals surface area contributed by atoms with E-state index in [2.05, 4.69) is 15.6 Å². The van der Waals surface area contributed by atoms with Crippen molar-refractivity contribution in [3.63, 3.8) is 0 Å². The Balaban J connectivity index is 1.93. The summed E-state index contributed by atoms with van der Waals surface area (Å²) in [5, 5.41) is 14.8. The van der Waals surface area contributed by atoms with Gasteiger partial charge in [0.05, 0.1) is 17.2 Å². The number of hydrogen-bond acceptors (Lipinski definition) is 5. The predicted molar refractivity (Wildman–Crippen MR) is 88.3 cm³/mol. The second-order valence-electron chi connectivity index (χ2n) is 4.85. The number of pyridine rings is 1. The van der Waals surface area contributed by atoms with Crippen molar-refractivity contribution >= 4 is 17.4 Å². The average Bonchev–Trinajstić information content (AvgIpc) is 2.59. The van der Waals surface area contributed by atoms with E-state index in [1.165, 1.54) is 6.20 Å². The lowest BCUT2D eigenvalue weighted by molar-refractivity contribution is 0.102. The number of nitriles is 1. The van der Waals surface area contributed by atoms with Crippen LogP contribution >= 0.6 is 0 Å². The first-order chi connectivity index (χ1) is 11.2. The minimum absolute atomic E-state index is 0.265. The van der Waals surface area contributed by atoms with Crippen molar-refractivity contribution in [1.82, 2.24) is 4.98 Å². The number of amides is 1. The summed E-state index contributed by atoms with van der Waals surface area (Å²) in [7, 11) is 1.66. The van der Waals surface area contributed by atoms with Crippen LogP contribution in [0.15, 0.2) is 42.6 Å². The summed E-state index contributed by atoms with van der Waals surface area (Å²) in [4.78, 5) is 16.4. The Morgan fingerprint density at radius 2 is 2.22 bits per heavy atom. The molecule has 1 aromatic heterocycles. The second kappa shape index (κ2) is 8.51. The van der Waals surface area contributed by atoms with Crippen LogP contribution in [0, 0.1) is 11.3 Å². The van der Waals surface area contributed by atoms with Crippen LogP contribution in [0.4, 0.5) is 11.5 Å². The number of carbonyl (C=O) groups is 1. The molecule has 0 bridgehead atoms. The average molecular weight is 310 g/mol. The number of nitrogens with zero attached hydrogens (tertiary/aromatic N) is 2. The number of anilines is 2. The molecule has 6 nitrogen and oxygen atoms in total. The molecule has 2 rings (SSSR count). The van der Waals surface area contributed by atoms with Crippen molar-refractivity contribution < 1.29 is 9.53 Å². The molecule has 0 aliphatic rings. The number of methoxy groups -OCH3 is 1. The van der Waals surface area contributed by atoms with Gasteiger partial charge in [-0.25, -0.2) is 4.98 Å². The first-order valence-electron chi connectivity index (χ1n) is 7.23. The summed E-state index contributed by atoms with van der Waals surface area (Å²) in [5.74, 6) is 0.447. The summed E-state index contributed by atoms with van der Waals surface area (Å²) in [5.41, 5.74) is 1.53. The highest BCUT2D eigenvalue weighted by Gasteiger charge is 2.07. The van der Waals surface area contributed by atoms with E-state index < -0.39 is 0 Å². The molecule has 0 fully saturated rings. The Kier molecular flexibility index (Phi) is 6.09. The molecule has 6 heteroatoms. The molecule has 0 spiro atoms. The van der Waals surface area contributed by atoms with Crippen LogP contribution in [-0.2, 0) is 4.74 Å². The van der Waals surface area contributed by atoms with Gasteiger partial charge in [0.1, 0.15) is 5.82 Å². The molecule has 1 aromatic carbocycles. The fraction of sp³-hybridized carbons (Fsp3) is 0.235. The Morgan fingerprint density at radius 1 is 1.35 bits per heavy atom. The first-order valence-corrected chi connectivity index (χ1v) is 7.23. The standard InChI is InChI=1S/C17H18N4O2/c1-23-9-3-8-19-16-7-6-14(12-20-16)17(22)21-15-5-2-4-13(10-15)11-18/h2,4-7,10,12H,3,8-9H2,1H3,(H,19,20)(H,21,22). The van der Waals surface area contributed by atoms with Crippen LogP contribution in [0.3, 0.4) is 0 Å². The molecule has 1 heterocycles. The van der Waals surface area contributed by atoms with Crippen LogP contribution in [0.5, 0.6) is 0 Å². The lowest BCUT2D eigenvalue weighted by Gasteiger charge is -2.07. The molecular formula is C17H18N4O2. The molecule has 0 unspecified atom stereocenters. The normalized spacial score (nSPS) is 9.91. The molecule has 0 aliphatic heterocycles. The van der Waals surface area contributed by atoms with Gasteiger partial charge < -0.3 is 15.4 Å². The number of nitrogens with one attached hydrogen (secondary N) is 2. The molecule has 0 radical (unpaired) electrons. The highest BCUT2D eigenvalue weighted by Crippen LogP contribution is 2.12. The van der Waals surface area contributed by atoms with Crippen molar-refractivity contribution in [3.05, 3.63) is 53.7 Å². The van der Waals surface area contributed by atoms with Crippen molar-refractivity contribution in [3.8, 4) is 6.07 Å². The van der Waals surface area contributed by atoms with Gasteiger partial charge in [0, 0.05) is 32.1 Å². The Bertz CT molecular complexity index is 692. The van der Waals surface area contributed by atoms with E-state index >= 15 is 0 Å². The fourth-order valence-electron chi connectivity index (χ4n) is 1.94. The van der Waals surface area contributed by atoms with Crippen molar-refractivity contribution in [2.24, 2.45) is 0 Å². The van der Waals surface area contributed by atoms with Crippen LogP contribution in [0.25, 0.3) is 0 Å². The third-order valence-corrected chi connectivity index (χ3v) is 3.11. The van der Waals surface area contributed by atoms with E-state index in [9.17, 15) is 4.79 Å². The zero-order valence-corrected chi connectivity index (χ0v) is 12.9. The number of aromatic nitrogens is 1. The number of rotatable bonds is 7. The van der Waals surface area contributed by atoms with Gasteiger partial charge in [-0.3, -0.25) is 4.79 Å². The third kappa shape index (κ3) is 5.09. The SMILES string of the molecule is COCCCNc1ccc(C(=O)Nc2cccc(C#N)c2)cn1. The number of ether oxygens (including phenoxy) is 1. The summed E-state index contributed by atoms with van der Waals surface area (Å²) >= 11 is 0. The molecule has 2 aromatic rings. The monoisotopic (exact) mass is 310 g/mol.